The van der Waals surface area contributed by atoms with E-state index in [1.165, 1.54) is 0 Å². The van der Waals surface area contributed by atoms with Crippen LogP contribution in [0.1, 0.15) is 15.9 Å². The summed E-state index contributed by atoms with van der Waals surface area (Å²) in [7, 11) is 0. The van der Waals surface area contributed by atoms with Crippen molar-refractivity contribution in [1.29, 1.82) is 0 Å². The van der Waals surface area contributed by atoms with E-state index in [1.54, 1.807) is 24.3 Å². The van der Waals surface area contributed by atoms with Crippen molar-refractivity contribution in [2.75, 3.05) is 0 Å². The Morgan fingerprint density at radius 1 is 1.29 bits per heavy atom. The van der Waals surface area contributed by atoms with Gasteiger partial charge in [0.05, 0.1) is 0 Å². The fourth-order valence-corrected chi connectivity index (χ4v) is 1.02. The lowest BCUT2D eigenvalue weighted by atomic mass is 10.1. The summed E-state index contributed by atoms with van der Waals surface area (Å²) in [5, 5.41) is 2.41. The second-order valence-electron chi connectivity index (χ2n) is 2.78. The van der Waals surface area contributed by atoms with Gasteiger partial charge in [0.15, 0.2) is 0 Å². The van der Waals surface area contributed by atoms with Gasteiger partial charge in [-0.05, 0) is 17.7 Å². The Hall–Kier alpha value is -2.04. The minimum atomic E-state index is -0.602. The van der Waals surface area contributed by atoms with E-state index in [-0.39, 0.29) is 6.54 Å². The molecule has 0 spiro atoms. The van der Waals surface area contributed by atoms with Crippen LogP contribution >= 0.6 is 0 Å². The van der Waals surface area contributed by atoms with Crippen molar-refractivity contribution in [1.82, 2.24) is 5.32 Å². The first-order chi connectivity index (χ1) is 6.59. The number of nitrogens with two attached hydrogens (primary N) is 2. The number of carbonyl (C=O) groups is 2. The molecule has 0 bridgehead atoms. The minimum absolute atomic E-state index is 0.288. The minimum Gasteiger partial charge on any atom is -0.366 e. The van der Waals surface area contributed by atoms with Gasteiger partial charge in [-0.2, -0.15) is 0 Å². The van der Waals surface area contributed by atoms with Gasteiger partial charge in [-0.15, -0.1) is 0 Å². The molecule has 5 nitrogen and oxygen atoms in total. The summed E-state index contributed by atoms with van der Waals surface area (Å²) in [5.41, 5.74) is 11.2. The first kappa shape index (κ1) is 10.0. The van der Waals surface area contributed by atoms with Crippen LogP contribution in [0.3, 0.4) is 0 Å². The zero-order chi connectivity index (χ0) is 10.6. The van der Waals surface area contributed by atoms with Crippen molar-refractivity contribution in [2.24, 2.45) is 11.5 Å². The van der Waals surface area contributed by atoms with Gasteiger partial charge in [0.2, 0.25) is 5.91 Å². The Morgan fingerprint density at radius 3 is 2.57 bits per heavy atom. The van der Waals surface area contributed by atoms with E-state index in [9.17, 15) is 9.59 Å². The van der Waals surface area contributed by atoms with Crippen molar-refractivity contribution in [2.45, 2.75) is 6.54 Å². The molecule has 0 aliphatic heterocycles. The highest BCUT2D eigenvalue weighted by Gasteiger charge is 2.01. The smallest absolute Gasteiger partial charge is 0.312 e. The van der Waals surface area contributed by atoms with Gasteiger partial charge in [0.1, 0.15) is 0 Å². The van der Waals surface area contributed by atoms with Crippen molar-refractivity contribution in [3.05, 3.63) is 35.4 Å². The molecule has 0 aliphatic carbocycles. The zero-order valence-corrected chi connectivity index (χ0v) is 7.49. The SMILES string of the molecule is NC(=O)NCc1cccc(C(N)=O)c1. The number of carbonyl (C=O) groups excluding carboxylic acids is 2. The molecular formula is C9H11N3O2. The van der Waals surface area contributed by atoms with Crippen LogP contribution < -0.4 is 16.8 Å². The van der Waals surface area contributed by atoms with Crippen LogP contribution in [-0.2, 0) is 6.54 Å². The topological polar surface area (TPSA) is 98.2 Å². The first-order valence-corrected chi connectivity index (χ1v) is 4.01. The number of hydrogen-bond donors (Lipinski definition) is 3. The number of primary amides is 2. The monoisotopic (exact) mass is 193 g/mol. The van der Waals surface area contributed by atoms with E-state index >= 15 is 0 Å². The Morgan fingerprint density at radius 2 is 2.00 bits per heavy atom. The Bertz CT molecular complexity index is 363. The molecule has 0 aromatic heterocycles. The van der Waals surface area contributed by atoms with E-state index in [4.69, 9.17) is 11.5 Å². The molecule has 0 unspecified atom stereocenters. The summed E-state index contributed by atoms with van der Waals surface area (Å²) in [4.78, 5) is 21.2. The highest BCUT2D eigenvalue weighted by molar-refractivity contribution is 5.92. The third kappa shape index (κ3) is 2.78. The first-order valence-electron chi connectivity index (χ1n) is 4.01. The Labute approximate surface area is 81.1 Å². The molecule has 14 heavy (non-hydrogen) atoms. The molecule has 74 valence electrons. The van der Waals surface area contributed by atoms with Crippen LogP contribution in [0.25, 0.3) is 0 Å². The molecule has 1 aromatic carbocycles. The number of urea groups is 1. The maximum Gasteiger partial charge on any atom is 0.312 e. The second-order valence-corrected chi connectivity index (χ2v) is 2.78. The largest absolute Gasteiger partial charge is 0.366 e. The Balaban J connectivity index is 2.73. The fraction of sp³-hybridized carbons (Fsp3) is 0.111. The average Bonchev–Trinajstić information content (AvgIpc) is 2.15. The van der Waals surface area contributed by atoms with Gasteiger partial charge in [-0.25, -0.2) is 4.79 Å². The maximum absolute atomic E-state index is 10.8. The summed E-state index contributed by atoms with van der Waals surface area (Å²) in [6.07, 6.45) is 0. The van der Waals surface area contributed by atoms with Crippen LogP contribution in [0, 0.1) is 0 Å². The van der Waals surface area contributed by atoms with E-state index in [0.29, 0.717) is 5.56 Å². The molecule has 0 saturated heterocycles. The van der Waals surface area contributed by atoms with Gasteiger partial charge in [-0.3, -0.25) is 4.79 Å². The van der Waals surface area contributed by atoms with Crippen molar-refractivity contribution < 1.29 is 9.59 Å². The van der Waals surface area contributed by atoms with Gasteiger partial charge in [0, 0.05) is 12.1 Å². The van der Waals surface area contributed by atoms with E-state index in [0.717, 1.165) is 5.56 Å². The third-order valence-corrected chi connectivity index (χ3v) is 1.68. The van der Waals surface area contributed by atoms with Gasteiger partial charge in [0.25, 0.3) is 0 Å². The highest BCUT2D eigenvalue weighted by Crippen LogP contribution is 2.03. The molecule has 0 saturated carbocycles. The average molecular weight is 193 g/mol. The fourth-order valence-electron chi connectivity index (χ4n) is 1.02. The molecule has 0 radical (unpaired) electrons. The van der Waals surface area contributed by atoms with Gasteiger partial charge in [-0.1, -0.05) is 12.1 Å². The maximum atomic E-state index is 10.8. The number of amides is 3. The summed E-state index contributed by atoms with van der Waals surface area (Å²) in [6, 6.07) is 6.07. The van der Waals surface area contributed by atoms with Gasteiger partial charge < -0.3 is 16.8 Å². The van der Waals surface area contributed by atoms with E-state index in [1.807, 2.05) is 0 Å². The molecule has 5 heteroatoms. The van der Waals surface area contributed by atoms with Crippen molar-refractivity contribution in [3.8, 4) is 0 Å². The summed E-state index contributed by atoms with van der Waals surface area (Å²) in [6.45, 7) is 0.288. The predicted octanol–water partition coefficient (Wildman–Crippen LogP) is -0.0462. The quantitative estimate of drug-likeness (QED) is 0.627. The van der Waals surface area contributed by atoms with Crippen LogP contribution in [0.4, 0.5) is 4.79 Å². The standard InChI is InChI=1S/C9H11N3O2/c10-8(13)7-3-1-2-6(4-7)5-12-9(11)14/h1-4H,5H2,(H2,10,13)(H3,11,12,14). The predicted molar refractivity (Wildman–Crippen MR) is 51.4 cm³/mol. The summed E-state index contributed by atoms with van der Waals surface area (Å²) >= 11 is 0. The molecule has 5 N–H and O–H groups in total. The lowest BCUT2D eigenvalue weighted by Crippen LogP contribution is -2.28. The number of benzene rings is 1. The molecule has 0 aliphatic rings. The molecule has 3 amide bonds. The zero-order valence-electron chi connectivity index (χ0n) is 7.49. The number of nitrogens with one attached hydrogen (secondary N) is 1. The molecule has 0 fully saturated rings. The summed E-state index contributed by atoms with van der Waals surface area (Å²) < 4.78 is 0. The molecular weight excluding hydrogens is 182 g/mol. The van der Waals surface area contributed by atoms with Crippen LogP contribution in [0.2, 0.25) is 0 Å². The Kier molecular flexibility index (Phi) is 3.06. The number of hydrogen-bond acceptors (Lipinski definition) is 2. The third-order valence-electron chi connectivity index (χ3n) is 1.68. The molecule has 0 atom stereocenters. The van der Waals surface area contributed by atoms with E-state index < -0.39 is 11.9 Å². The summed E-state index contributed by atoms with van der Waals surface area (Å²) in [5.74, 6) is -0.495. The molecule has 1 rings (SSSR count). The van der Waals surface area contributed by atoms with Gasteiger partial charge >= 0.3 is 6.03 Å². The van der Waals surface area contributed by atoms with Crippen LogP contribution in [-0.4, -0.2) is 11.9 Å². The van der Waals surface area contributed by atoms with Crippen molar-refractivity contribution in [3.63, 3.8) is 0 Å². The lowest BCUT2D eigenvalue weighted by molar-refractivity contribution is 0.1000. The van der Waals surface area contributed by atoms with Crippen molar-refractivity contribution >= 4 is 11.9 Å². The van der Waals surface area contributed by atoms with Crippen LogP contribution in [0.5, 0.6) is 0 Å². The molecule has 1 aromatic rings. The second kappa shape index (κ2) is 4.27. The lowest BCUT2D eigenvalue weighted by Gasteiger charge is -2.03. The van der Waals surface area contributed by atoms with Crippen LogP contribution in [0.15, 0.2) is 24.3 Å². The molecule has 0 heterocycles. The number of rotatable bonds is 3. The highest BCUT2D eigenvalue weighted by atomic mass is 16.2. The van der Waals surface area contributed by atoms with E-state index in [2.05, 4.69) is 5.32 Å². The normalized spacial score (nSPS) is 9.43.